The lowest BCUT2D eigenvalue weighted by molar-refractivity contribution is -0.133. The molecule has 0 spiro atoms. The van der Waals surface area contributed by atoms with E-state index in [0.717, 1.165) is 0 Å². The molecule has 2 amide bonds. The zero-order chi connectivity index (χ0) is 20.0. The fraction of sp³-hybridized carbons (Fsp3) is 0.526. The average Bonchev–Trinajstić information content (AvgIpc) is 3.46. The summed E-state index contributed by atoms with van der Waals surface area (Å²) in [6.07, 6.45) is 0.348. The first-order valence-electron chi connectivity index (χ1n) is 8.89. The van der Waals surface area contributed by atoms with E-state index in [4.69, 9.17) is 4.74 Å². The minimum atomic E-state index is -1.26. The van der Waals surface area contributed by atoms with Crippen molar-refractivity contribution in [1.82, 2.24) is 10.6 Å². The molecule has 1 unspecified atom stereocenters. The van der Waals surface area contributed by atoms with Gasteiger partial charge in [-0.05, 0) is 24.5 Å². The van der Waals surface area contributed by atoms with Crippen molar-refractivity contribution >= 4 is 17.6 Å². The van der Waals surface area contributed by atoms with Crippen LogP contribution in [0, 0.1) is 5.92 Å². The molecule has 4 N–H and O–H groups in total. The van der Waals surface area contributed by atoms with Crippen LogP contribution in [0.4, 0.5) is 0 Å². The number of hydrogen-bond acceptors (Lipinski definition) is 6. The largest absolute Gasteiger partial charge is 0.394 e. The molecule has 0 saturated carbocycles. The molecule has 1 aliphatic rings. The number of epoxide rings is 1. The van der Waals surface area contributed by atoms with Crippen LogP contribution in [-0.2, 0) is 14.3 Å². The van der Waals surface area contributed by atoms with Crippen LogP contribution in [0.1, 0.15) is 30.6 Å². The van der Waals surface area contributed by atoms with Gasteiger partial charge < -0.3 is 25.6 Å². The minimum Gasteiger partial charge on any atom is -0.394 e. The number of ketones is 1. The van der Waals surface area contributed by atoms with E-state index in [1.54, 1.807) is 30.3 Å². The molecule has 1 aliphatic heterocycles. The SMILES string of the molecule is CC(C)C[C@H](NC(=O)[C@H](CO)NC(=O)c1ccccc1)C(=O)C1(CO)CO1. The van der Waals surface area contributed by atoms with Crippen LogP contribution < -0.4 is 10.6 Å². The maximum atomic E-state index is 12.6. The van der Waals surface area contributed by atoms with Gasteiger partial charge in [-0.15, -0.1) is 0 Å². The Kier molecular flexibility index (Phi) is 7.06. The third-order valence-corrected chi connectivity index (χ3v) is 4.38. The van der Waals surface area contributed by atoms with Gasteiger partial charge in [-0.25, -0.2) is 0 Å². The molecule has 8 nitrogen and oxygen atoms in total. The van der Waals surface area contributed by atoms with E-state index < -0.39 is 48.5 Å². The van der Waals surface area contributed by atoms with Crippen LogP contribution in [-0.4, -0.2) is 65.3 Å². The van der Waals surface area contributed by atoms with E-state index in [-0.39, 0.29) is 12.5 Å². The highest BCUT2D eigenvalue weighted by Gasteiger charge is 2.54. The van der Waals surface area contributed by atoms with Crippen molar-refractivity contribution in [3.63, 3.8) is 0 Å². The van der Waals surface area contributed by atoms with Gasteiger partial charge >= 0.3 is 0 Å². The van der Waals surface area contributed by atoms with Crippen molar-refractivity contribution < 1.29 is 29.3 Å². The number of rotatable bonds is 10. The first-order chi connectivity index (χ1) is 12.8. The van der Waals surface area contributed by atoms with Gasteiger partial charge in [0, 0.05) is 5.56 Å². The first-order valence-corrected chi connectivity index (χ1v) is 8.89. The number of aliphatic hydroxyl groups excluding tert-OH is 2. The van der Waals surface area contributed by atoms with Gasteiger partial charge in [0.1, 0.15) is 6.04 Å². The molecular formula is C19H26N2O6. The first kappa shape index (κ1) is 21.0. The second-order valence-electron chi connectivity index (χ2n) is 7.07. The van der Waals surface area contributed by atoms with E-state index in [2.05, 4.69) is 10.6 Å². The third kappa shape index (κ3) is 5.35. The second-order valence-corrected chi connectivity index (χ2v) is 7.07. The quantitative estimate of drug-likeness (QED) is 0.412. The number of amides is 2. The van der Waals surface area contributed by atoms with E-state index in [0.29, 0.717) is 12.0 Å². The zero-order valence-corrected chi connectivity index (χ0v) is 15.5. The smallest absolute Gasteiger partial charge is 0.251 e. The standard InChI is InChI=1S/C19H26N2O6/c1-12(2)8-14(16(24)19(10-23)11-27-19)20-18(26)15(9-22)21-17(25)13-6-4-3-5-7-13/h3-7,12,14-15,22-23H,8-11H2,1-2H3,(H,20,26)(H,21,25)/t14-,15-,19?/m0/s1. The molecule has 148 valence electrons. The number of carbonyl (C=O) groups excluding carboxylic acids is 3. The average molecular weight is 378 g/mol. The van der Waals surface area contributed by atoms with Gasteiger partial charge in [-0.3, -0.25) is 14.4 Å². The number of carbonyl (C=O) groups is 3. The number of aliphatic hydroxyl groups is 2. The number of hydrogen-bond donors (Lipinski definition) is 4. The molecule has 1 saturated heterocycles. The number of benzene rings is 1. The molecule has 0 aliphatic carbocycles. The summed E-state index contributed by atoms with van der Waals surface area (Å²) in [6.45, 7) is 2.83. The summed E-state index contributed by atoms with van der Waals surface area (Å²) in [4.78, 5) is 37.4. The molecule has 1 fully saturated rings. The Morgan fingerprint density at radius 2 is 1.74 bits per heavy atom. The molecule has 27 heavy (non-hydrogen) atoms. The van der Waals surface area contributed by atoms with Crippen molar-refractivity contribution in [1.29, 1.82) is 0 Å². The lowest BCUT2D eigenvalue weighted by Gasteiger charge is -2.24. The Bertz CT molecular complexity index is 672. The fourth-order valence-electron chi connectivity index (χ4n) is 2.72. The summed E-state index contributed by atoms with van der Waals surface area (Å²) < 4.78 is 5.09. The predicted octanol–water partition coefficient (Wildman–Crippen LogP) is -0.361. The van der Waals surface area contributed by atoms with E-state index >= 15 is 0 Å². The molecule has 1 aromatic carbocycles. The minimum absolute atomic E-state index is 0.0974. The van der Waals surface area contributed by atoms with Crippen LogP contribution in [0.5, 0.6) is 0 Å². The van der Waals surface area contributed by atoms with Crippen molar-refractivity contribution in [2.75, 3.05) is 19.8 Å². The van der Waals surface area contributed by atoms with E-state index in [9.17, 15) is 24.6 Å². The lowest BCUT2D eigenvalue weighted by atomic mass is 9.92. The lowest BCUT2D eigenvalue weighted by Crippen LogP contribution is -2.55. The van der Waals surface area contributed by atoms with Gasteiger partial charge in [-0.2, -0.15) is 0 Å². The Balaban J connectivity index is 2.05. The summed E-state index contributed by atoms with van der Waals surface area (Å²) in [5, 5.41) is 23.9. The molecule has 1 heterocycles. The van der Waals surface area contributed by atoms with Gasteiger partial charge in [-0.1, -0.05) is 32.0 Å². The van der Waals surface area contributed by atoms with Gasteiger partial charge in [0.2, 0.25) is 5.91 Å². The predicted molar refractivity (Wildman–Crippen MR) is 96.9 cm³/mol. The molecule has 0 aromatic heterocycles. The van der Waals surface area contributed by atoms with Crippen LogP contribution in [0.3, 0.4) is 0 Å². The summed E-state index contributed by atoms with van der Waals surface area (Å²) in [7, 11) is 0. The van der Waals surface area contributed by atoms with Crippen molar-refractivity contribution in [3.8, 4) is 0 Å². The van der Waals surface area contributed by atoms with Gasteiger partial charge in [0.25, 0.3) is 5.91 Å². The normalized spacial score (nSPS) is 20.6. The van der Waals surface area contributed by atoms with Crippen LogP contribution in [0.2, 0.25) is 0 Å². The van der Waals surface area contributed by atoms with E-state index in [1.165, 1.54) is 0 Å². The number of Topliss-reactive ketones (excluding diaryl/α,β-unsaturated/α-hetero) is 1. The number of ether oxygens (including phenoxy) is 1. The molecule has 3 atom stereocenters. The van der Waals surface area contributed by atoms with Gasteiger partial charge in [0.05, 0.1) is 25.9 Å². The molecule has 0 radical (unpaired) electrons. The van der Waals surface area contributed by atoms with Crippen molar-refractivity contribution in [2.24, 2.45) is 5.92 Å². The summed E-state index contributed by atoms with van der Waals surface area (Å²) in [5.41, 5.74) is -0.904. The molecular weight excluding hydrogens is 352 g/mol. The highest BCUT2D eigenvalue weighted by atomic mass is 16.6. The van der Waals surface area contributed by atoms with Crippen molar-refractivity contribution in [3.05, 3.63) is 35.9 Å². The van der Waals surface area contributed by atoms with Crippen molar-refractivity contribution in [2.45, 2.75) is 38.0 Å². The Hall–Kier alpha value is -2.29. The van der Waals surface area contributed by atoms with Crippen LogP contribution in [0.25, 0.3) is 0 Å². The summed E-state index contributed by atoms with van der Waals surface area (Å²) >= 11 is 0. The maximum Gasteiger partial charge on any atom is 0.251 e. The van der Waals surface area contributed by atoms with Crippen LogP contribution >= 0.6 is 0 Å². The van der Waals surface area contributed by atoms with Crippen LogP contribution in [0.15, 0.2) is 30.3 Å². The topological polar surface area (TPSA) is 128 Å². The zero-order valence-electron chi connectivity index (χ0n) is 15.5. The summed E-state index contributed by atoms with van der Waals surface area (Å²) in [5.74, 6) is -1.48. The highest BCUT2D eigenvalue weighted by molar-refractivity contribution is 6.00. The third-order valence-electron chi connectivity index (χ3n) is 4.38. The maximum absolute atomic E-state index is 12.6. The number of nitrogens with one attached hydrogen (secondary N) is 2. The monoisotopic (exact) mass is 378 g/mol. The van der Waals surface area contributed by atoms with Gasteiger partial charge in [0.15, 0.2) is 11.4 Å². The van der Waals surface area contributed by atoms with E-state index in [1.807, 2.05) is 13.8 Å². The highest BCUT2D eigenvalue weighted by Crippen LogP contribution is 2.30. The fourth-order valence-corrected chi connectivity index (χ4v) is 2.72. The molecule has 1 aromatic rings. The second kappa shape index (κ2) is 9.07. The molecule has 0 bridgehead atoms. The Morgan fingerprint density at radius 3 is 2.22 bits per heavy atom. The Morgan fingerprint density at radius 1 is 1.11 bits per heavy atom. The Labute approximate surface area is 157 Å². The molecule has 8 heteroatoms. The summed E-state index contributed by atoms with van der Waals surface area (Å²) in [6, 6.07) is 6.21. The molecule has 2 rings (SSSR count).